The zero-order valence-corrected chi connectivity index (χ0v) is 15.4. The molecule has 3 heterocycles. The van der Waals surface area contributed by atoms with Crippen LogP contribution in [0, 0.1) is 0 Å². The Morgan fingerprint density at radius 1 is 1.22 bits per heavy atom. The molecule has 1 N–H and O–H groups in total. The highest BCUT2D eigenvalue weighted by Gasteiger charge is 2.28. The maximum atomic E-state index is 12.2. The highest BCUT2D eigenvalue weighted by molar-refractivity contribution is 6.08. The molecule has 8 nitrogen and oxygen atoms in total. The molecule has 0 saturated carbocycles. The van der Waals surface area contributed by atoms with Crippen LogP contribution < -0.4 is 10.2 Å². The molecule has 27 heavy (non-hydrogen) atoms. The molecule has 2 aliphatic rings. The molecule has 0 spiro atoms. The summed E-state index contributed by atoms with van der Waals surface area (Å²) in [7, 11) is 1.87. The predicted molar refractivity (Wildman–Crippen MR) is 101 cm³/mol. The van der Waals surface area contributed by atoms with Crippen LogP contribution in [0.1, 0.15) is 30.7 Å². The molecule has 142 valence electrons. The standard InChI is InChI=1S/C19H23N5O3/c1-22-16-12-14(13-4-7-23(8-5-13)10-11-25)2-3-15(16)18(21-22)24-9-6-17(26)20-19(24)27/h2-3,11-13H,4-10H2,1H3,(H,20,26,27). The van der Waals surface area contributed by atoms with Gasteiger partial charge in [-0.2, -0.15) is 5.10 Å². The number of piperidine rings is 1. The molecule has 0 bridgehead atoms. The van der Waals surface area contributed by atoms with E-state index in [0.717, 1.165) is 43.1 Å². The minimum Gasteiger partial charge on any atom is -0.302 e. The fraction of sp³-hybridized carbons (Fsp3) is 0.474. The van der Waals surface area contributed by atoms with E-state index >= 15 is 0 Å². The number of imide groups is 1. The molecule has 2 aliphatic heterocycles. The number of likely N-dealkylation sites (tertiary alicyclic amines) is 1. The fourth-order valence-electron chi connectivity index (χ4n) is 4.03. The molecule has 0 radical (unpaired) electrons. The number of aromatic nitrogens is 2. The van der Waals surface area contributed by atoms with Gasteiger partial charge in [0.1, 0.15) is 6.29 Å². The third-order valence-corrected chi connectivity index (χ3v) is 5.56. The van der Waals surface area contributed by atoms with Gasteiger partial charge in [-0.15, -0.1) is 0 Å². The number of hydrogen-bond donors (Lipinski definition) is 1. The first-order valence-corrected chi connectivity index (χ1v) is 9.31. The Morgan fingerprint density at radius 3 is 2.70 bits per heavy atom. The van der Waals surface area contributed by atoms with Crippen molar-refractivity contribution in [3.05, 3.63) is 23.8 Å². The van der Waals surface area contributed by atoms with E-state index in [-0.39, 0.29) is 12.3 Å². The smallest absolute Gasteiger partial charge is 0.302 e. The predicted octanol–water partition coefficient (Wildman–Crippen LogP) is 1.40. The van der Waals surface area contributed by atoms with Crippen LogP contribution in [0.25, 0.3) is 10.9 Å². The molecule has 0 unspecified atom stereocenters. The third-order valence-electron chi connectivity index (χ3n) is 5.56. The van der Waals surface area contributed by atoms with Crippen molar-refractivity contribution in [3.8, 4) is 0 Å². The summed E-state index contributed by atoms with van der Waals surface area (Å²) in [5, 5.41) is 7.79. The second-order valence-electron chi connectivity index (χ2n) is 7.22. The van der Waals surface area contributed by atoms with Crippen LogP contribution in [0.15, 0.2) is 18.2 Å². The van der Waals surface area contributed by atoms with Gasteiger partial charge in [-0.05, 0) is 49.5 Å². The summed E-state index contributed by atoms with van der Waals surface area (Å²) in [5.74, 6) is 0.802. The van der Waals surface area contributed by atoms with Crippen LogP contribution in [0.5, 0.6) is 0 Å². The Labute approximate surface area is 157 Å². The largest absolute Gasteiger partial charge is 0.329 e. The molecular formula is C19H23N5O3. The summed E-state index contributed by atoms with van der Waals surface area (Å²) < 4.78 is 1.79. The normalized spacial score (nSPS) is 19.5. The van der Waals surface area contributed by atoms with Crippen molar-refractivity contribution in [2.24, 2.45) is 7.05 Å². The van der Waals surface area contributed by atoms with Crippen molar-refractivity contribution in [2.75, 3.05) is 31.1 Å². The van der Waals surface area contributed by atoms with Crippen molar-refractivity contribution in [3.63, 3.8) is 0 Å². The maximum Gasteiger partial charge on any atom is 0.329 e. The molecule has 0 aliphatic carbocycles. The van der Waals surface area contributed by atoms with Crippen molar-refractivity contribution >= 4 is 34.9 Å². The minimum absolute atomic E-state index is 0.250. The molecule has 8 heteroatoms. The van der Waals surface area contributed by atoms with E-state index < -0.39 is 6.03 Å². The zero-order chi connectivity index (χ0) is 19.0. The van der Waals surface area contributed by atoms with Crippen molar-refractivity contribution in [2.45, 2.75) is 25.2 Å². The number of urea groups is 1. The van der Waals surface area contributed by atoms with E-state index in [1.165, 1.54) is 10.5 Å². The van der Waals surface area contributed by atoms with Gasteiger partial charge in [0.05, 0.1) is 12.1 Å². The SMILES string of the molecule is Cn1nc(N2CCC(=O)NC2=O)c2ccc(C3CCN(CC=O)CC3)cc21. The van der Waals surface area contributed by atoms with E-state index in [1.807, 2.05) is 13.1 Å². The van der Waals surface area contributed by atoms with Crippen LogP contribution in [0.4, 0.5) is 10.6 Å². The van der Waals surface area contributed by atoms with Gasteiger partial charge in [0.25, 0.3) is 0 Å². The van der Waals surface area contributed by atoms with Gasteiger partial charge in [-0.1, -0.05) is 6.07 Å². The van der Waals surface area contributed by atoms with E-state index in [4.69, 9.17) is 0 Å². The van der Waals surface area contributed by atoms with Gasteiger partial charge < -0.3 is 4.79 Å². The number of amides is 3. The average Bonchev–Trinajstić information content (AvgIpc) is 2.99. The molecule has 1 aromatic carbocycles. The zero-order valence-electron chi connectivity index (χ0n) is 15.4. The quantitative estimate of drug-likeness (QED) is 0.823. The molecule has 2 fully saturated rings. The monoisotopic (exact) mass is 369 g/mol. The third kappa shape index (κ3) is 3.32. The molecule has 4 rings (SSSR count). The van der Waals surface area contributed by atoms with Gasteiger partial charge in [-0.3, -0.25) is 24.6 Å². The Kier molecular flexibility index (Phi) is 4.65. The first-order chi connectivity index (χ1) is 13.1. The number of aldehydes is 1. The Hall–Kier alpha value is -2.74. The maximum absolute atomic E-state index is 12.2. The van der Waals surface area contributed by atoms with Crippen LogP contribution in [0.3, 0.4) is 0 Å². The number of hydrogen-bond acceptors (Lipinski definition) is 5. The lowest BCUT2D eigenvalue weighted by Gasteiger charge is -2.30. The van der Waals surface area contributed by atoms with E-state index in [9.17, 15) is 14.4 Å². The lowest BCUT2D eigenvalue weighted by Crippen LogP contribution is -2.49. The molecule has 0 atom stereocenters. The molecular weight excluding hydrogens is 346 g/mol. The van der Waals surface area contributed by atoms with Gasteiger partial charge in [0.2, 0.25) is 5.91 Å². The Balaban J connectivity index is 1.59. The topological polar surface area (TPSA) is 87.5 Å². The first-order valence-electron chi connectivity index (χ1n) is 9.31. The second kappa shape index (κ2) is 7.11. The number of nitrogens with zero attached hydrogens (tertiary/aromatic N) is 4. The summed E-state index contributed by atoms with van der Waals surface area (Å²) >= 11 is 0. The van der Waals surface area contributed by atoms with E-state index in [2.05, 4.69) is 27.4 Å². The van der Waals surface area contributed by atoms with Gasteiger partial charge in [-0.25, -0.2) is 4.79 Å². The van der Waals surface area contributed by atoms with Crippen LogP contribution in [-0.4, -0.2) is 59.1 Å². The second-order valence-corrected chi connectivity index (χ2v) is 7.22. The van der Waals surface area contributed by atoms with Crippen molar-refractivity contribution < 1.29 is 14.4 Å². The number of anilines is 1. The molecule has 1 aromatic heterocycles. The Morgan fingerprint density at radius 2 is 2.00 bits per heavy atom. The summed E-state index contributed by atoms with van der Waals surface area (Å²) in [6.07, 6.45) is 3.30. The van der Waals surface area contributed by atoms with E-state index in [0.29, 0.717) is 24.8 Å². The number of fused-ring (bicyclic) bond motifs is 1. The molecule has 2 aromatic rings. The lowest BCUT2D eigenvalue weighted by molar-refractivity contribution is -0.120. The Bertz CT molecular complexity index is 898. The summed E-state index contributed by atoms with van der Waals surface area (Å²) in [6, 6.07) is 5.87. The van der Waals surface area contributed by atoms with Gasteiger partial charge in [0.15, 0.2) is 5.82 Å². The fourth-order valence-corrected chi connectivity index (χ4v) is 4.03. The average molecular weight is 369 g/mol. The van der Waals surface area contributed by atoms with Crippen molar-refractivity contribution in [1.82, 2.24) is 20.0 Å². The number of carbonyl (C=O) groups is 3. The molecule has 2 saturated heterocycles. The van der Waals surface area contributed by atoms with Crippen molar-refractivity contribution in [1.29, 1.82) is 0 Å². The summed E-state index contributed by atoms with van der Waals surface area (Å²) in [4.78, 5) is 38.0. The molecule has 3 amide bonds. The first kappa shape index (κ1) is 17.7. The number of benzene rings is 1. The highest BCUT2D eigenvalue weighted by Crippen LogP contribution is 2.33. The van der Waals surface area contributed by atoms with Crippen LogP contribution in [-0.2, 0) is 16.6 Å². The number of rotatable bonds is 4. The van der Waals surface area contributed by atoms with E-state index in [1.54, 1.807) is 4.68 Å². The van der Waals surface area contributed by atoms with Gasteiger partial charge >= 0.3 is 6.03 Å². The van der Waals surface area contributed by atoms with Gasteiger partial charge in [0, 0.05) is 25.4 Å². The summed E-state index contributed by atoms with van der Waals surface area (Å²) in [5.41, 5.74) is 2.24. The number of aryl methyl sites for hydroxylation is 1. The minimum atomic E-state index is -0.419. The highest BCUT2D eigenvalue weighted by atomic mass is 16.2. The number of nitrogens with one attached hydrogen (secondary N) is 1. The summed E-state index contributed by atoms with van der Waals surface area (Å²) in [6.45, 7) is 2.71. The van der Waals surface area contributed by atoms with Crippen LogP contribution >= 0.6 is 0 Å². The number of carbonyl (C=O) groups excluding carboxylic acids is 3. The van der Waals surface area contributed by atoms with Crippen LogP contribution in [0.2, 0.25) is 0 Å². The lowest BCUT2D eigenvalue weighted by atomic mass is 9.89.